The number of benzene rings is 2. The van der Waals surface area contributed by atoms with Gasteiger partial charge in [-0.3, -0.25) is 10.1 Å². The summed E-state index contributed by atoms with van der Waals surface area (Å²) < 4.78 is 4.93. The van der Waals surface area contributed by atoms with Gasteiger partial charge in [-0.05, 0) is 24.3 Å². The summed E-state index contributed by atoms with van der Waals surface area (Å²) in [5.41, 5.74) is 0.443. The molecule has 0 saturated carbocycles. The fourth-order valence-corrected chi connectivity index (χ4v) is 1.70. The Labute approximate surface area is 120 Å². The van der Waals surface area contributed by atoms with Crippen molar-refractivity contribution in [1.29, 1.82) is 0 Å². The molecule has 2 rings (SSSR count). The number of hydrogen-bond donors (Lipinski definition) is 2. The first kappa shape index (κ1) is 14.3. The molecule has 2 aromatic carbocycles. The van der Waals surface area contributed by atoms with E-state index >= 15 is 0 Å². The average molecular weight is 287 g/mol. The lowest BCUT2D eigenvalue weighted by Gasteiger charge is -2.09. The minimum atomic E-state index is -0.583. The number of anilines is 2. The smallest absolute Gasteiger partial charge is 0.323 e. The molecule has 7 heteroatoms. The van der Waals surface area contributed by atoms with Gasteiger partial charge in [0.2, 0.25) is 0 Å². The van der Waals surface area contributed by atoms with E-state index in [0.29, 0.717) is 11.4 Å². The molecule has 0 aromatic heterocycles. The lowest BCUT2D eigenvalue weighted by atomic mass is 10.2. The Morgan fingerprint density at radius 3 is 2.48 bits per heavy atom. The Morgan fingerprint density at radius 2 is 1.86 bits per heavy atom. The van der Waals surface area contributed by atoms with Gasteiger partial charge in [-0.1, -0.05) is 18.2 Å². The maximum atomic E-state index is 11.8. The van der Waals surface area contributed by atoms with Crippen molar-refractivity contribution in [2.24, 2.45) is 0 Å². The lowest BCUT2D eigenvalue weighted by molar-refractivity contribution is -0.384. The van der Waals surface area contributed by atoms with E-state index in [1.165, 1.54) is 25.3 Å². The van der Waals surface area contributed by atoms with Gasteiger partial charge in [-0.2, -0.15) is 0 Å². The fourth-order valence-electron chi connectivity index (χ4n) is 1.70. The third-order valence-electron chi connectivity index (χ3n) is 2.68. The summed E-state index contributed by atoms with van der Waals surface area (Å²) in [7, 11) is 1.41. The quantitative estimate of drug-likeness (QED) is 0.666. The zero-order chi connectivity index (χ0) is 15.2. The van der Waals surface area contributed by atoms with Crippen molar-refractivity contribution in [3.63, 3.8) is 0 Å². The van der Waals surface area contributed by atoms with Crippen LogP contribution in [-0.4, -0.2) is 18.1 Å². The van der Waals surface area contributed by atoms with E-state index in [0.717, 1.165) is 0 Å². The molecule has 0 saturated heterocycles. The molecule has 0 aliphatic rings. The van der Waals surface area contributed by atoms with E-state index in [9.17, 15) is 14.9 Å². The van der Waals surface area contributed by atoms with E-state index in [2.05, 4.69) is 10.6 Å². The molecule has 0 atom stereocenters. The highest BCUT2D eigenvalue weighted by Crippen LogP contribution is 2.29. The number of nitro benzene ring substituents is 1. The monoisotopic (exact) mass is 287 g/mol. The third kappa shape index (κ3) is 3.69. The second-order valence-corrected chi connectivity index (χ2v) is 4.09. The van der Waals surface area contributed by atoms with Crippen molar-refractivity contribution >= 4 is 23.1 Å². The number of rotatable bonds is 4. The molecule has 0 bridgehead atoms. The maximum Gasteiger partial charge on any atom is 0.323 e. The summed E-state index contributed by atoms with van der Waals surface area (Å²) in [5.74, 6) is 0.343. The number of ether oxygens (including phenoxy) is 1. The summed E-state index contributed by atoms with van der Waals surface area (Å²) in [5, 5.41) is 16.0. The van der Waals surface area contributed by atoms with Crippen LogP contribution in [0.1, 0.15) is 0 Å². The summed E-state index contributed by atoms with van der Waals surface area (Å²) in [4.78, 5) is 22.3. The molecule has 7 nitrogen and oxygen atoms in total. The number of urea groups is 1. The van der Waals surface area contributed by atoms with Crippen molar-refractivity contribution in [3.05, 3.63) is 58.6 Å². The molecule has 0 fully saturated rings. The molecule has 108 valence electrons. The Morgan fingerprint density at radius 1 is 1.14 bits per heavy atom. The largest absolute Gasteiger partial charge is 0.496 e. The number of amides is 2. The molecule has 2 amide bonds. The predicted molar refractivity (Wildman–Crippen MR) is 78.7 cm³/mol. The third-order valence-corrected chi connectivity index (χ3v) is 2.68. The van der Waals surface area contributed by atoms with E-state index in [1.54, 1.807) is 24.3 Å². The highest BCUT2D eigenvalue weighted by Gasteiger charge is 2.17. The average Bonchev–Trinajstić information content (AvgIpc) is 2.48. The van der Waals surface area contributed by atoms with Gasteiger partial charge in [0.15, 0.2) is 0 Å². The Kier molecular flexibility index (Phi) is 4.35. The first-order valence-corrected chi connectivity index (χ1v) is 6.05. The Bertz CT molecular complexity index is 659. The van der Waals surface area contributed by atoms with Crippen LogP contribution in [-0.2, 0) is 0 Å². The molecule has 0 heterocycles. The SMILES string of the molecule is COc1ccc(NC(=O)Nc2ccccc2)c([N+](=O)[O-])c1. The van der Waals surface area contributed by atoms with Gasteiger partial charge in [0.05, 0.1) is 18.1 Å². The minimum Gasteiger partial charge on any atom is -0.496 e. The summed E-state index contributed by atoms with van der Waals surface area (Å²) in [6.45, 7) is 0. The van der Waals surface area contributed by atoms with Crippen molar-refractivity contribution in [1.82, 2.24) is 0 Å². The topological polar surface area (TPSA) is 93.5 Å². The molecule has 0 aliphatic heterocycles. The van der Waals surface area contributed by atoms with Crippen LogP contribution < -0.4 is 15.4 Å². The molecule has 0 unspecified atom stereocenters. The number of nitrogens with zero attached hydrogens (tertiary/aromatic N) is 1. The highest BCUT2D eigenvalue weighted by atomic mass is 16.6. The van der Waals surface area contributed by atoms with Crippen LogP contribution in [0.5, 0.6) is 5.75 Å². The van der Waals surface area contributed by atoms with Crippen molar-refractivity contribution in [3.8, 4) is 5.75 Å². The standard InChI is InChI=1S/C14H13N3O4/c1-21-11-7-8-12(13(9-11)17(19)20)16-14(18)15-10-5-3-2-4-6-10/h2-9H,1H3,(H2,15,16,18). The first-order valence-electron chi connectivity index (χ1n) is 6.05. The van der Waals surface area contributed by atoms with Gasteiger partial charge in [0.1, 0.15) is 11.4 Å². The second kappa shape index (κ2) is 6.38. The number of methoxy groups -OCH3 is 1. The zero-order valence-electron chi connectivity index (χ0n) is 11.2. The maximum absolute atomic E-state index is 11.8. The number of para-hydroxylation sites is 1. The van der Waals surface area contributed by atoms with Crippen molar-refractivity contribution in [2.45, 2.75) is 0 Å². The number of hydrogen-bond acceptors (Lipinski definition) is 4. The van der Waals surface area contributed by atoms with E-state index in [-0.39, 0.29) is 11.4 Å². The lowest BCUT2D eigenvalue weighted by Crippen LogP contribution is -2.20. The summed E-state index contributed by atoms with van der Waals surface area (Å²) >= 11 is 0. The van der Waals surface area contributed by atoms with Gasteiger partial charge in [0.25, 0.3) is 5.69 Å². The molecular formula is C14H13N3O4. The number of nitro groups is 1. The number of carbonyl (C=O) groups excluding carboxylic acids is 1. The van der Waals surface area contributed by atoms with E-state index < -0.39 is 11.0 Å². The first-order chi connectivity index (χ1) is 10.1. The molecule has 2 N–H and O–H groups in total. The zero-order valence-corrected chi connectivity index (χ0v) is 11.2. The molecular weight excluding hydrogens is 274 g/mol. The molecule has 0 aliphatic carbocycles. The van der Waals surface area contributed by atoms with Crippen LogP contribution in [0.3, 0.4) is 0 Å². The Hall–Kier alpha value is -3.09. The van der Waals surface area contributed by atoms with Gasteiger partial charge >= 0.3 is 6.03 Å². The van der Waals surface area contributed by atoms with E-state index in [1.807, 2.05) is 6.07 Å². The van der Waals surface area contributed by atoms with Crippen LogP contribution in [0.15, 0.2) is 48.5 Å². The molecule has 0 spiro atoms. The minimum absolute atomic E-state index is 0.0919. The van der Waals surface area contributed by atoms with Crippen LogP contribution in [0.4, 0.5) is 21.9 Å². The molecule has 21 heavy (non-hydrogen) atoms. The van der Waals surface area contributed by atoms with Crippen molar-refractivity contribution in [2.75, 3.05) is 17.7 Å². The normalized spacial score (nSPS) is 9.76. The fraction of sp³-hybridized carbons (Fsp3) is 0.0714. The van der Waals surface area contributed by atoms with Crippen LogP contribution in [0, 0.1) is 10.1 Å². The number of nitrogens with one attached hydrogen (secondary N) is 2. The van der Waals surface area contributed by atoms with Gasteiger partial charge in [-0.25, -0.2) is 4.79 Å². The van der Waals surface area contributed by atoms with Gasteiger partial charge in [-0.15, -0.1) is 0 Å². The predicted octanol–water partition coefficient (Wildman–Crippen LogP) is 3.25. The summed E-state index contributed by atoms with van der Waals surface area (Å²) in [6, 6.07) is 12.4. The van der Waals surface area contributed by atoms with Gasteiger partial charge in [0, 0.05) is 5.69 Å². The van der Waals surface area contributed by atoms with Crippen molar-refractivity contribution < 1.29 is 14.5 Å². The van der Waals surface area contributed by atoms with Crippen LogP contribution >= 0.6 is 0 Å². The Balaban J connectivity index is 2.15. The second-order valence-electron chi connectivity index (χ2n) is 4.09. The van der Waals surface area contributed by atoms with Crippen LogP contribution in [0.25, 0.3) is 0 Å². The van der Waals surface area contributed by atoms with E-state index in [4.69, 9.17) is 4.74 Å². The van der Waals surface area contributed by atoms with Gasteiger partial charge < -0.3 is 15.4 Å². The molecule has 0 radical (unpaired) electrons. The van der Waals surface area contributed by atoms with Crippen LogP contribution in [0.2, 0.25) is 0 Å². The highest BCUT2D eigenvalue weighted by molar-refractivity contribution is 6.01. The summed E-state index contributed by atoms with van der Waals surface area (Å²) in [6.07, 6.45) is 0. The number of carbonyl (C=O) groups is 1. The molecule has 2 aromatic rings.